The van der Waals surface area contributed by atoms with Crippen molar-refractivity contribution < 1.29 is 23.4 Å². The van der Waals surface area contributed by atoms with Crippen LogP contribution in [0.15, 0.2) is 36.4 Å². The molecular formula is C14H11F2NO3. The topological polar surface area (TPSA) is 58.6 Å². The first kappa shape index (κ1) is 13.8. The fourth-order valence-electron chi connectivity index (χ4n) is 1.74. The van der Waals surface area contributed by atoms with Gasteiger partial charge < -0.3 is 15.2 Å². The van der Waals surface area contributed by atoms with E-state index in [9.17, 15) is 13.6 Å². The number of carboxylic acids is 1. The first-order chi connectivity index (χ1) is 9.52. The highest BCUT2D eigenvalue weighted by Crippen LogP contribution is 2.31. The van der Waals surface area contributed by atoms with Gasteiger partial charge in [-0.25, -0.2) is 13.6 Å². The number of ether oxygens (including phenoxy) is 1. The molecule has 0 aliphatic carbocycles. The third kappa shape index (κ3) is 2.69. The van der Waals surface area contributed by atoms with Gasteiger partial charge >= 0.3 is 5.97 Å². The number of hydrogen-bond donors (Lipinski definition) is 2. The van der Waals surface area contributed by atoms with Gasteiger partial charge in [-0.05, 0) is 24.3 Å². The van der Waals surface area contributed by atoms with Crippen LogP contribution in [0.5, 0.6) is 5.75 Å². The molecule has 0 aliphatic heterocycles. The minimum Gasteiger partial charge on any atom is -0.495 e. The van der Waals surface area contributed by atoms with Gasteiger partial charge in [0.2, 0.25) is 0 Å². The molecule has 20 heavy (non-hydrogen) atoms. The van der Waals surface area contributed by atoms with Crippen LogP contribution in [0, 0.1) is 11.6 Å². The van der Waals surface area contributed by atoms with E-state index in [-0.39, 0.29) is 22.7 Å². The Labute approximate surface area is 113 Å². The number of aromatic carboxylic acids is 1. The molecule has 0 saturated carbocycles. The SMILES string of the molecule is COc1ccc(F)cc1Nc1c(F)cccc1C(=O)O. The largest absolute Gasteiger partial charge is 0.495 e. The van der Waals surface area contributed by atoms with Crippen LogP contribution in [-0.4, -0.2) is 18.2 Å². The van der Waals surface area contributed by atoms with Gasteiger partial charge in [0.05, 0.1) is 24.0 Å². The van der Waals surface area contributed by atoms with Gasteiger partial charge in [0.25, 0.3) is 0 Å². The first-order valence-electron chi connectivity index (χ1n) is 5.65. The van der Waals surface area contributed by atoms with E-state index in [0.717, 1.165) is 12.1 Å². The van der Waals surface area contributed by atoms with Crippen LogP contribution in [0.2, 0.25) is 0 Å². The second kappa shape index (κ2) is 5.56. The molecule has 0 unspecified atom stereocenters. The van der Waals surface area contributed by atoms with Crippen molar-refractivity contribution in [2.45, 2.75) is 0 Å². The van der Waals surface area contributed by atoms with Gasteiger partial charge in [0.15, 0.2) is 0 Å². The monoisotopic (exact) mass is 279 g/mol. The molecule has 2 aromatic carbocycles. The van der Waals surface area contributed by atoms with E-state index in [2.05, 4.69) is 5.32 Å². The number of para-hydroxylation sites is 1. The van der Waals surface area contributed by atoms with Gasteiger partial charge in [0, 0.05) is 6.07 Å². The summed E-state index contributed by atoms with van der Waals surface area (Å²) in [5, 5.41) is 11.6. The summed E-state index contributed by atoms with van der Waals surface area (Å²) in [6.45, 7) is 0. The Morgan fingerprint density at radius 2 is 2.00 bits per heavy atom. The maximum Gasteiger partial charge on any atom is 0.337 e. The van der Waals surface area contributed by atoms with E-state index >= 15 is 0 Å². The lowest BCUT2D eigenvalue weighted by atomic mass is 10.1. The van der Waals surface area contributed by atoms with E-state index in [4.69, 9.17) is 9.84 Å². The van der Waals surface area contributed by atoms with Crippen molar-refractivity contribution in [2.24, 2.45) is 0 Å². The molecule has 104 valence electrons. The summed E-state index contributed by atoms with van der Waals surface area (Å²) in [6, 6.07) is 7.28. The van der Waals surface area contributed by atoms with Crippen LogP contribution in [-0.2, 0) is 0 Å². The zero-order valence-electron chi connectivity index (χ0n) is 10.5. The van der Waals surface area contributed by atoms with Crippen LogP contribution < -0.4 is 10.1 Å². The van der Waals surface area contributed by atoms with Crippen molar-refractivity contribution in [3.63, 3.8) is 0 Å². The third-order valence-electron chi connectivity index (χ3n) is 2.67. The van der Waals surface area contributed by atoms with Gasteiger partial charge in [-0.2, -0.15) is 0 Å². The van der Waals surface area contributed by atoms with Crippen molar-refractivity contribution >= 4 is 17.3 Å². The minimum atomic E-state index is -1.29. The van der Waals surface area contributed by atoms with Crippen molar-refractivity contribution in [1.82, 2.24) is 0 Å². The van der Waals surface area contributed by atoms with Gasteiger partial charge in [-0.3, -0.25) is 0 Å². The first-order valence-corrected chi connectivity index (χ1v) is 5.65. The molecule has 0 heterocycles. The number of anilines is 2. The lowest BCUT2D eigenvalue weighted by Gasteiger charge is -2.13. The standard InChI is InChI=1S/C14H11F2NO3/c1-20-12-6-5-8(15)7-11(12)17-13-9(14(18)19)3-2-4-10(13)16/h2-7,17H,1H3,(H,18,19). The lowest BCUT2D eigenvalue weighted by Crippen LogP contribution is -2.05. The average molecular weight is 279 g/mol. The Hall–Kier alpha value is -2.63. The molecular weight excluding hydrogens is 268 g/mol. The Morgan fingerprint density at radius 1 is 1.25 bits per heavy atom. The molecule has 0 saturated heterocycles. The number of benzene rings is 2. The normalized spacial score (nSPS) is 10.2. The zero-order chi connectivity index (χ0) is 14.7. The van der Waals surface area contributed by atoms with E-state index in [0.29, 0.717) is 0 Å². The van der Waals surface area contributed by atoms with Crippen molar-refractivity contribution in [3.8, 4) is 5.75 Å². The van der Waals surface area contributed by atoms with Crippen LogP contribution in [0.4, 0.5) is 20.2 Å². The molecule has 6 heteroatoms. The molecule has 0 bridgehead atoms. The Morgan fingerprint density at radius 3 is 2.65 bits per heavy atom. The third-order valence-corrected chi connectivity index (χ3v) is 2.67. The summed E-state index contributed by atoms with van der Waals surface area (Å²) in [5.74, 6) is -2.33. The number of hydrogen-bond acceptors (Lipinski definition) is 3. The maximum atomic E-state index is 13.8. The number of carbonyl (C=O) groups is 1. The Kier molecular flexibility index (Phi) is 3.84. The van der Waals surface area contributed by atoms with Crippen molar-refractivity contribution in [1.29, 1.82) is 0 Å². The average Bonchev–Trinajstić information content (AvgIpc) is 2.41. The van der Waals surface area contributed by atoms with Crippen molar-refractivity contribution in [3.05, 3.63) is 53.6 Å². The second-order valence-corrected chi connectivity index (χ2v) is 3.94. The fourth-order valence-corrected chi connectivity index (χ4v) is 1.74. The minimum absolute atomic E-state index is 0.139. The Bertz CT molecular complexity index is 659. The number of methoxy groups -OCH3 is 1. The molecule has 2 aromatic rings. The summed E-state index contributed by atoms with van der Waals surface area (Å²) in [4.78, 5) is 11.1. The molecule has 0 fully saturated rings. The summed E-state index contributed by atoms with van der Waals surface area (Å²) < 4.78 is 32.0. The zero-order valence-corrected chi connectivity index (χ0v) is 10.5. The number of halogens is 2. The summed E-state index contributed by atoms with van der Waals surface area (Å²) >= 11 is 0. The van der Waals surface area contributed by atoms with E-state index in [1.165, 1.54) is 31.4 Å². The van der Waals surface area contributed by atoms with Crippen molar-refractivity contribution in [2.75, 3.05) is 12.4 Å². The van der Waals surface area contributed by atoms with Crippen LogP contribution in [0.25, 0.3) is 0 Å². The van der Waals surface area contributed by atoms with E-state index < -0.39 is 17.6 Å². The highest BCUT2D eigenvalue weighted by Gasteiger charge is 2.16. The molecule has 4 nitrogen and oxygen atoms in total. The summed E-state index contributed by atoms with van der Waals surface area (Å²) in [7, 11) is 1.37. The summed E-state index contributed by atoms with van der Waals surface area (Å²) in [6.07, 6.45) is 0. The summed E-state index contributed by atoms with van der Waals surface area (Å²) in [5.41, 5.74) is -0.361. The number of carboxylic acid groups (broad SMARTS) is 1. The quantitative estimate of drug-likeness (QED) is 0.900. The predicted octanol–water partition coefficient (Wildman–Crippen LogP) is 3.42. The van der Waals surface area contributed by atoms with Gasteiger partial charge in [0.1, 0.15) is 17.4 Å². The maximum absolute atomic E-state index is 13.8. The molecule has 0 atom stereocenters. The molecule has 0 aliphatic rings. The molecule has 2 rings (SSSR count). The number of rotatable bonds is 4. The molecule has 0 amide bonds. The van der Waals surface area contributed by atoms with Crippen LogP contribution in [0.1, 0.15) is 10.4 Å². The van der Waals surface area contributed by atoms with Crippen LogP contribution >= 0.6 is 0 Å². The van der Waals surface area contributed by atoms with Crippen LogP contribution in [0.3, 0.4) is 0 Å². The van der Waals surface area contributed by atoms with E-state index in [1.54, 1.807) is 0 Å². The number of nitrogens with one attached hydrogen (secondary N) is 1. The highest BCUT2D eigenvalue weighted by molar-refractivity contribution is 5.95. The van der Waals surface area contributed by atoms with Gasteiger partial charge in [-0.15, -0.1) is 0 Å². The smallest absolute Gasteiger partial charge is 0.337 e. The molecule has 2 N–H and O–H groups in total. The lowest BCUT2D eigenvalue weighted by molar-refractivity contribution is 0.0697. The van der Waals surface area contributed by atoms with E-state index in [1.807, 2.05) is 0 Å². The Balaban J connectivity index is 2.50. The second-order valence-electron chi connectivity index (χ2n) is 3.94. The predicted molar refractivity (Wildman–Crippen MR) is 69.6 cm³/mol. The molecule has 0 aromatic heterocycles. The van der Waals surface area contributed by atoms with Gasteiger partial charge in [-0.1, -0.05) is 6.07 Å². The molecule has 0 spiro atoms. The highest BCUT2D eigenvalue weighted by atomic mass is 19.1. The fraction of sp³-hybridized carbons (Fsp3) is 0.0714. The molecule has 0 radical (unpaired) electrons.